The smallest absolute Gasteiger partial charge is 0.248 e. The predicted octanol–water partition coefficient (Wildman–Crippen LogP) is 2.12. The van der Waals surface area contributed by atoms with Crippen molar-refractivity contribution in [2.24, 2.45) is 0 Å². The summed E-state index contributed by atoms with van der Waals surface area (Å²) in [5, 5.41) is 2.83. The average Bonchev–Trinajstić information content (AvgIpc) is 2.80. The number of carbonyl (C=O) groups is 2. The van der Waals surface area contributed by atoms with E-state index in [4.69, 9.17) is 9.47 Å². The van der Waals surface area contributed by atoms with Gasteiger partial charge in [-0.15, -0.1) is 0 Å². The van der Waals surface area contributed by atoms with Gasteiger partial charge in [-0.3, -0.25) is 14.5 Å². The number of ether oxygens (including phenoxy) is 2. The monoisotopic (exact) mass is 431 g/mol. The van der Waals surface area contributed by atoms with E-state index in [0.717, 1.165) is 6.07 Å². The molecular formula is C22H23F2N3O4. The van der Waals surface area contributed by atoms with Crippen LogP contribution in [0.1, 0.15) is 0 Å². The van der Waals surface area contributed by atoms with Crippen molar-refractivity contribution in [1.82, 2.24) is 9.80 Å². The van der Waals surface area contributed by atoms with Crippen LogP contribution in [0.15, 0.2) is 36.4 Å². The van der Waals surface area contributed by atoms with Crippen LogP contribution in [0, 0.1) is 11.6 Å². The van der Waals surface area contributed by atoms with Gasteiger partial charge in [0.15, 0.2) is 0 Å². The van der Waals surface area contributed by atoms with Crippen molar-refractivity contribution < 1.29 is 27.8 Å². The van der Waals surface area contributed by atoms with Gasteiger partial charge in [-0.25, -0.2) is 8.78 Å². The zero-order valence-corrected chi connectivity index (χ0v) is 17.1. The van der Waals surface area contributed by atoms with E-state index >= 15 is 0 Å². The first-order valence-electron chi connectivity index (χ1n) is 9.97. The first-order valence-corrected chi connectivity index (χ1v) is 9.97. The number of benzene rings is 2. The highest BCUT2D eigenvalue weighted by molar-refractivity contribution is 5.94. The Kier molecular flexibility index (Phi) is 6.15. The van der Waals surface area contributed by atoms with Crippen molar-refractivity contribution in [3.8, 4) is 16.9 Å². The molecule has 7 nitrogen and oxygen atoms in total. The second kappa shape index (κ2) is 8.99. The van der Waals surface area contributed by atoms with Gasteiger partial charge in [0.05, 0.1) is 18.3 Å². The van der Waals surface area contributed by atoms with E-state index in [-0.39, 0.29) is 43.2 Å². The molecule has 2 aliphatic rings. The van der Waals surface area contributed by atoms with Gasteiger partial charge in [0.25, 0.3) is 0 Å². The molecule has 1 saturated heterocycles. The van der Waals surface area contributed by atoms with Gasteiger partial charge in [-0.2, -0.15) is 0 Å². The lowest BCUT2D eigenvalue weighted by atomic mass is 10.0. The maximum atomic E-state index is 14.2. The summed E-state index contributed by atoms with van der Waals surface area (Å²) in [5.74, 6) is -1.23. The largest absolute Gasteiger partial charge is 0.490 e. The lowest BCUT2D eigenvalue weighted by Crippen LogP contribution is -2.58. The quantitative estimate of drug-likeness (QED) is 0.806. The van der Waals surface area contributed by atoms with Crippen LogP contribution < -0.4 is 10.1 Å². The van der Waals surface area contributed by atoms with Crippen molar-refractivity contribution in [3.63, 3.8) is 0 Å². The Bertz CT molecular complexity index is 1000. The van der Waals surface area contributed by atoms with Gasteiger partial charge in [0, 0.05) is 38.4 Å². The molecule has 2 aromatic carbocycles. The second-order valence-corrected chi connectivity index (χ2v) is 7.59. The SMILES string of the molecule is COCC(=O)N1CCN2CC(=O)Nc3cc(-c4ccc(F)cc4F)ccc3OC[C@H]2C1. The molecule has 9 heteroatoms. The van der Waals surface area contributed by atoms with Crippen LogP contribution >= 0.6 is 0 Å². The van der Waals surface area contributed by atoms with Crippen LogP contribution in [0.25, 0.3) is 11.1 Å². The lowest BCUT2D eigenvalue weighted by molar-refractivity contribution is -0.138. The third kappa shape index (κ3) is 4.67. The molecule has 2 aliphatic heterocycles. The molecule has 0 spiro atoms. The highest BCUT2D eigenvalue weighted by Crippen LogP contribution is 2.33. The number of hydrogen-bond donors (Lipinski definition) is 1. The fourth-order valence-electron chi connectivity index (χ4n) is 3.91. The first kappa shape index (κ1) is 21.2. The minimum atomic E-state index is -0.687. The number of anilines is 1. The fraction of sp³-hybridized carbons (Fsp3) is 0.364. The van der Waals surface area contributed by atoms with Crippen LogP contribution in [0.3, 0.4) is 0 Å². The number of nitrogens with zero attached hydrogens (tertiary/aromatic N) is 2. The fourth-order valence-corrected chi connectivity index (χ4v) is 3.91. The van der Waals surface area contributed by atoms with E-state index in [0.29, 0.717) is 36.6 Å². The van der Waals surface area contributed by atoms with Crippen molar-refractivity contribution in [2.45, 2.75) is 6.04 Å². The molecule has 2 heterocycles. The van der Waals surface area contributed by atoms with Gasteiger partial charge in [0.1, 0.15) is 30.6 Å². The Morgan fingerprint density at radius 1 is 1.23 bits per heavy atom. The van der Waals surface area contributed by atoms with Crippen molar-refractivity contribution in [3.05, 3.63) is 48.0 Å². The molecule has 164 valence electrons. The number of nitrogens with one attached hydrogen (secondary N) is 1. The van der Waals surface area contributed by atoms with Crippen molar-refractivity contribution in [1.29, 1.82) is 0 Å². The summed E-state index contributed by atoms with van der Waals surface area (Å²) < 4.78 is 38.4. The number of amides is 2. The lowest BCUT2D eigenvalue weighted by Gasteiger charge is -2.40. The minimum absolute atomic E-state index is 0.0135. The third-order valence-electron chi connectivity index (χ3n) is 5.50. The van der Waals surface area contributed by atoms with E-state index < -0.39 is 11.6 Å². The highest BCUT2D eigenvalue weighted by Gasteiger charge is 2.32. The average molecular weight is 431 g/mol. The standard InChI is InChI=1S/C22H23F2N3O4/c1-30-13-22(29)27-7-6-26-11-21(28)25-19-8-14(17-4-3-15(23)9-18(17)24)2-5-20(19)31-12-16(26)10-27/h2-5,8-9,16H,6-7,10-13H2,1H3,(H,25,28)/t16-/m1/s1. The Labute approximate surface area is 178 Å². The van der Waals surface area contributed by atoms with Gasteiger partial charge >= 0.3 is 0 Å². The molecule has 0 bridgehead atoms. The number of carbonyl (C=O) groups excluding carboxylic acids is 2. The van der Waals surface area contributed by atoms with Gasteiger partial charge in [0.2, 0.25) is 11.8 Å². The van der Waals surface area contributed by atoms with Gasteiger partial charge < -0.3 is 19.7 Å². The van der Waals surface area contributed by atoms with Crippen molar-refractivity contribution >= 4 is 17.5 Å². The molecule has 0 unspecified atom stereocenters. The van der Waals surface area contributed by atoms with Crippen LogP contribution in [0.4, 0.5) is 14.5 Å². The van der Waals surface area contributed by atoms with Crippen LogP contribution in [0.5, 0.6) is 5.75 Å². The van der Waals surface area contributed by atoms with Gasteiger partial charge in [-0.1, -0.05) is 6.07 Å². The zero-order valence-electron chi connectivity index (χ0n) is 17.1. The molecule has 2 aromatic rings. The minimum Gasteiger partial charge on any atom is -0.490 e. The van der Waals surface area contributed by atoms with Crippen LogP contribution in [0.2, 0.25) is 0 Å². The number of piperazine rings is 1. The predicted molar refractivity (Wildman–Crippen MR) is 110 cm³/mol. The molecule has 1 fully saturated rings. The van der Waals surface area contributed by atoms with E-state index in [9.17, 15) is 18.4 Å². The molecule has 1 N–H and O–H groups in total. The Morgan fingerprint density at radius 3 is 2.84 bits per heavy atom. The third-order valence-corrected chi connectivity index (χ3v) is 5.50. The van der Waals surface area contributed by atoms with Gasteiger partial charge in [-0.05, 0) is 29.8 Å². The number of rotatable bonds is 3. The van der Waals surface area contributed by atoms with E-state index in [1.54, 1.807) is 23.1 Å². The number of methoxy groups -OCH3 is 1. The number of halogens is 2. The zero-order chi connectivity index (χ0) is 22.0. The molecule has 0 saturated carbocycles. The molecule has 0 aromatic heterocycles. The molecule has 31 heavy (non-hydrogen) atoms. The normalized spacial score (nSPS) is 19.3. The van der Waals surface area contributed by atoms with Crippen molar-refractivity contribution in [2.75, 3.05) is 51.8 Å². The van der Waals surface area contributed by atoms with Crippen LogP contribution in [-0.4, -0.2) is 74.2 Å². The molecular weight excluding hydrogens is 408 g/mol. The summed E-state index contributed by atoms with van der Waals surface area (Å²) in [6, 6.07) is 8.13. The summed E-state index contributed by atoms with van der Waals surface area (Å²) in [7, 11) is 1.48. The Balaban J connectivity index is 1.57. The topological polar surface area (TPSA) is 71.1 Å². The number of hydrogen-bond acceptors (Lipinski definition) is 5. The molecule has 1 atom stereocenters. The summed E-state index contributed by atoms with van der Waals surface area (Å²) in [5.41, 5.74) is 1.13. The van der Waals surface area contributed by atoms with E-state index in [1.807, 2.05) is 4.90 Å². The molecule has 2 amide bonds. The van der Waals surface area contributed by atoms with E-state index in [1.165, 1.54) is 19.2 Å². The Hall–Kier alpha value is -3.04. The maximum absolute atomic E-state index is 14.2. The molecule has 4 rings (SSSR count). The summed E-state index contributed by atoms with van der Waals surface area (Å²) >= 11 is 0. The summed E-state index contributed by atoms with van der Waals surface area (Å²) in [6.45, 7) is 1.92. The first-order chi connectivity index (χ1) is 14.9. The summed E-state index contributed by atoms with van der Waals surface area (Å²) in [4.78, 5) is 28.5. The Morgan fingerprint density at radius 2 is 2.06 bits per heavy atom. The van der Waals surface area contributed by atoms with E-state index in [2.05, 4.69) is 5.32 Å². The molecule has 0 aliphatic carbocycles. The van der Waals surface area contributed by atoms with Crippen LogP contribution in [-0.2, 0) is 14.3 Å². The second-order valence-electron chi connectivity index (χ2n) is 7.59. The summed E-state index contributed by atoms with van der Waals surface area (Å²) in [6.07, 6.45) is 0. The number of fused-ring (bicyclic) bond motifs is 2. The highest BCUT2D eigenvalue weighted by atomic mass is 19.1. The molecule has 0 radical (unpaired) electrons. The maximum Gasteiger partial charge on any atom is 0.248 e.